The standard InChI is InChI=1S/C13H17ClFNO2S2/c1-13(2)9-16(5-6-19-13)20(17,18)12-7-10(8-14)3-4-11(12)15/h3-4,7H,5-6,8-9H2,1-2H3. The Bertz CT molecular complexity index is 604. The quantitative estimate of drug-likeness (QED) is 0.795. The molecule has 0 aliphatic carbocycles. The maximum Gasteiger partial charge on any atom is 0.246 e. The fourth-order valence-corrected chi connectivity index (χ4v) is 5.34. The lowest BCUT2D eigenvalue weighted by Gasteiger charge is -2.36. The van der Waals surface area contributed by atoms with Crippen LogP contribution in [0.15, 0.2) is 23.1 Å². The minimum Gasteiger partial charge on any atom is -0.207 e. The van der Waals surface area contributed by atoms with Gasteiger partial charge in [-0.3, -0.25) is 0 Å². The van der Waals surface area contributed by atoms with Crippen LogP contribution in [0.5, 0.6) is 0 Å². The van der Waals surface area contributed by atoms with Crippen LogP contribution < -0.4 is 0 Å². The van der Waals surface area contributed by atoms with E-state index in [1.54, 1.807) is 11.8 Å². The lowest BCUT2D eigenvalue weighted by Crippen LogP contribution is -2.46. The molecular weight excluding hydrogens is 321 g/mol. The summed E-state index contributed by atoms with van der Waals surface area (Å²) >= 11 is 7.42. The predicted molar refractivity (Wildman–Crippen MR) is 81.3 cm³/mol. The summed E-state index contributed by atoms with van der Waals surface area (Å²) < 4.78 is 40.3. The molecule has 0 aromatic heterocycles. The van der Waals surface area contributed by atoms with Crippen LogP contribution in [0, 0.1) is 5.82 Å². The van der Waals surface area contributed by atoms with E-state index < -0.39 is 15.8 Å². The van der Waals surface area contributed by atoms with Crippen molar-refractivity contribution in [2.75, 3.05) is 18.8 Å². The Hall–Kier alpha value is -0.300. The first kappa shape index (κ1) is 16.1. The lowest BCUT2D eigenvalue weighted by molar-refractivity contribution is 0.385. The third kappa shape index (κ3) is 3.30. The van der Waals surface area contributed by atoms with Crippen molar-refractivity contribution >= 4 is 33.4 Å². The number of benzene rings is 1. The maximum absolute atomic E-state index is 13.9. The second kappa shape index (κ2) is 5.83. The molecule has 0 spiro atoms. The minimum atomic E-state index is -3.81. The molecule has 0 saturated carbocycles. The van der Waals surface area contributed by atoms with E-state index >= 15 is 0 Å². The summed E-state index contributed by atoms with van der Waals surface area (Å²) in [5, 5.41) is 0. The third-order valence-corrected chi connectivity index (χ3v) is 6.62. The first-order valence-corrected chi connectivity index (χ1v) is 9.21. The van der Waals surface area contributed by atoms with Gasteiger partial charge in [0.1, 0.15) is 10.7 Å². The average Bonchev–Trinajstić information content (AvgIpc) is 2.38. The number of rotatable bonds is 3. The zero-order valence-electron chi connectivity index (χ0n) is 11.4. The van der Waals surface area contributed by atoms with Crippen molar-refractivity contribution in [1.82, 2.24) is 4.31 Å². The van der Waals surface area contributed by atoms with Gasteiger partial charge in [-0.1, -0.05) is 6.07 Å². The third-order valence-electron chi connectivity index (χ3n) is 3.16. The maximum atomic E-state index is 13.9. The Morgan fingerprint density at radius 1 is 1.45 bits per heavy atom. The number of hydrogen-bond acceptors (Lipinski definition) is 3. The van der Waals surface area contributed by atoms with E-state index in [0.717, 1.165) is 6.07 Å². The summed E-state index contributed by atoms with van der Waals surface area (Å²) in [4.78, 5) is -0.279. The van der Waals surface area contributed by atoms with E-state index in [0.29, 0.717) is 24.4 Å². The SMILES string of the molecule is CC1(C)CN(S(=O)(=O)c2cc(CCl)ccc2F)CCS1. The number of sulfonamides is 1. The van der Waals surface area contributed by atoms with Gasteiger partial charge in [-0.15, -0.1) is 11.6 Å². The van der Waals surface area contributed by atoms with Gasteiger partial charge in [0.25, 0.3) is 0 Å². The predicted octanol–water partition coefficient (Wildman–Crippen LogP) is 3.08. The van der Waals surface area contributed by atoms with Crippen molar-refractivity contribution in [2.45, 2.75) is 29.4 Å². The molecule has 0 atom stereocenters. The fourth-order valence-electron chi connectivity index (χ4n) is 2.15. The molecule has 1 aliphatic heterocycles. The van der Waals surface area contributed by atoms with Gasteiger partial charge < -0.3 is 0 Å². The highest BCUT2D eigenvalue weighted by Crippen LogP contribution is 2.33. The zero-order valence-corrected chi connectivity index (χ0v) is 13.8. The number of nitrogens with zero attached hydrogens (tertiary/aromatic N) is 1. The van der Waals surface area contributed by atoms with Crippen LogP contribution in [-0.2, 0) is 15.9 Å². The van der Waals surface area contributed by atoms with E-state index in [1.807, 2.05) is 13.8 Å². The van der Waals surface area contributed by atoms with E-state index in [4.69, 9.17) is 11.6 Å². The smallest absolute Gasteiger partial charge is 0.207 e. The van der Waals surface area contributed by atoms with Gasteiger partial charge in [0.05, 0.1) is 0 Å². The van der Waals surface area contributed by atoms with Crippen LogP contribution in [0.2, 0.25) is 0 Å². The summed E-state index contributed by atoms with van der Waals surface area (Å²) in [6.07, 6.45) is 0. The molecule has 20 heavy (non-hydrogen) atoms. The highest BCUT2D eigenvalue weighted by molar-refractivity contribution is 8.00. The molecule has 0 bridgehead atoms. The molecule has 1 aromatic rings. The second-order valence-corrected chi connectivity index (χ2v) is 9.32. The first-order chi connectivity index (χ1) is 9.26. The summed E-state index contributed by atoms with van der Waals surface area (Å²) in [6, 6.07) is 3.98. The van der Waals surface area contributed by atoms with Crippen molar-refractivity contribution in [3.05, 3.63) is 29.6 Å². The van der Waals surface area contributed by atoms with E-state index in [1.165, 1.54) is 16.4 Å². The first-order valence-electron chi connectivity index (χ1n) is 6.25. The van der Waals surface area contributed by atoms with Gasteiger partial charge in [0, 0.05) is 29.5 Å². The molecule has 1 fully saturated rings. The minimum absolute atomic E-state index is 0.157. The van der Waals surface area contributed by atoms with Crippen molar-refractivity contribution in [2.24, 2.45) is 0 Å². The summed E-state index contributed by atoms with van der Waals surface area (Å²) in [6.45, 7) is 4.77. The summed E-state index contributed by atoms with van der Waals surface area (Å²) in [5.74, 6) is 0.141. The normalized spacial score (nSPS) is 20.0. The largest absolute Gasteiger partial charge is 0.246 e. The highest BCUT2D eigenvalue weighted by atomic mass is 35.5. The Morgan fingerprint density at radius 3 is 2.75 bits per heavy atom. The summed E-state index contributed by atoms with van der Waals surface area (Å²) in [5.41, 5.74) is 0.595. The molecule has 0 radical (unpaired) electrons. The number of halogens is 2. The molecule has 0 N–H and O–H groups in total. The molecule has 1 aliphatic rings. The second-order valence-electron chi connectivity index (χ2n) is 5.35. The van der Waals surface area contributed by atoms with Gasteiger partial charge in [0.15, 0.2) is 0 Å². The van der Waals surface area contributed by atoms with Gasteiger partial charge in [-0.05, 0) is 31.5 Å². The van der Waals surface area contributed by atoms with Gasteiger partial charge in [-0.25, -0.2) is 12.8 Å². The van der Waals surface area contributed by atoms with E-state index in [-0.39, 0.29) is 15.5 Å². The topological polar surface area (TPSA) is 37.4 Å². The van der Waals surface area contributed by atoms with Crippen molar-refractivity contribution in [1.29, 1.82) is 0 Å². The monoisotopic (exact) mass is 337 g/mol. The van der Waals surface area contributed by atoms with Gasteiger partial charge in [0.2, 0.25) is 10.0 Å². The molecular formula is C13H17ClFNO2S2. The highest BCUT2D eigenvalue weighted by Gasteiger charge is 2.35. The van der Waals surface area contributed by atoms with E-state index in [9.17, 15) is 12.8 Å². The van der Waals surface area contributed by atoms with Crippen LogP contribution in [0.3, 0.4) is 0 Å². The molecule has 7 heteroatoms. The Balaban J connectivity index is 2.40. The molecule has 2 rings (SSSR count). The van der Waals surface area contributed by atoms with Crippen LogP contribution in [-0.4, -0.2) is 36.3 Å². The number of alkyl halides is 1. The number of hydrogen-bond donors (Lipinski definition) is 0. The van der Waals surface area contributed by atoms with E-state index in [2.05, 4.69) is 0 Å². The van der Waals surface area contributed by atoms with Gasteiger partial charge in [-0.2, -0.15) is 16.1 Å². The molecule has 1 aromatic carbocycles. The summed E-state index contributed by atoms with van der Waals surface area (Å²) in [7, 11) is -3.81. The molecule has 0 amide bonds. The molecule has 3 nitrogen and oxygen atoms in total. The average molecular weight is 338 g/mol. The van der Waals surface area contributed by atoms with Crippen LogP contribution >= 0.6 is 23.4 Å². The van der Waals surface area contributed by atoms with Crippen LogP contribution in [0.4, 0.5) is 4.39 Å². The Labute approximate surface area is 128 Å². The zero-order chi connectivity index (χ0) is 15.0. The molecule has 0 unspecified atom stereocenters. The van der Waals surface area contributed by atoms with Crippen LogP contribution in [0.1, 0.15) is 19.4 Å². The lowest BCUT2D eigenvalue weighted by atomic mass is 10.2. The fraction of sp³-hybridized carbons (Fsp3) is 0.538. The van der Waals surface area contributed by atoms with Crippen molar-refractivity contribution < 1.29 is 12.8 Å². The Kier molecular flexibility index (Phi) is 4.69. The molecule has 1 heterocycles. The van der Waals surface area contributed by atoms with Gasteiger partial charge >= 0.3 is 0 Å². The Morgan fingerprint density at radius 2 is 2.15 bits per heavy atom. The van der Waals surface area contributed by atoms with Crippen molar-refractivity contribution in [3.63, 3.8) is 0 Å². The molecule has 112 valence electrons. The number of thioether (sulfide) groups is 1. The molecule has 1 saturated heterocycles. The van der Waals surface area contributed by atoms with Crippen LogP contribution in [0.25, 0.3) is 0 Å². The van der Waals surface area contributed by atoms with Crippen molar-refractivity contribution in [3.8, 4) is 0 Å².